The number of fused-ring (bicyclic) bond motifs is 2. The van der Waals surface area contributed by atoms with Crippen molar-refractivity contribution in [1.29, 1.82) is 0 Å². The van der Waals surface area contributed by atoms with Gasteiger partial charge in [0.25, 0.3) is 0 Å². The Hall–Kier alpha value is -0.970. The summed E-state index contributed by atoms with van der Waals surface area (Å²) in [7, 11) is 5.36. The molecule has 0 aromatic carbocycles. The summed E-state index contributed by atoms with van der Waals surface area (Å²) in [5, 5.41) is 34.8. The summed E-state index contributed by atoms with van der Waals surface area (Å²) >= 11 is 0. The normalized spacial score (nSPS) is 50.6. The number of hydrogen-bond donors (Lipinski definition) is 3. The molecule has 4 aliphatic rings. The molecule has 4 fully saturated rings. The molecule has 0 saturated carbocycles. The molecule has 4 aliphatic heterocycles. The molecule has 0 aromatic rings. The van der Waals surface area contributed by atoms with E-state index in [2.05, 4.69) is 11.8 Å². The van der Waals surface area contributed by atoms with Crippen LogP contribution < -0.4 is 0 Å². The van der Waals surface area contributed by atoms with E-state index in [1.54, 1.807) is 34.8 Å². The summed E-state index contributed by atoms with van der Waals surface area (Å²) in [6, 6.07) is -0.224. The number of likely N-dealkylation sites (N-methyl/N-ethyl adjacent to an activating group) is 1. The predicted octanol–water partition coefficient (Wildman–Crippen LogP) is 2.52. The number of methoxy groups -OCH3 is 1. The van der Waals surface area contributed by atoms with Crippen molar-refractivity contribution in [2.45, 2.75) is 166 Å². The first kappa shape index (κ1) is 40.8. The minimum Gasteiger partial charge on any atom is -0.459 e. The van der Waals surface area contributed by atoms with E-state index in [1.807, 2.05) is 46.7 Å². The third kappa shape index (κ3) is 8.98. The number of aliphatic hydroxyl groups is 3. The van der Waals surface area contributed by atoms with E-state index in [1.165, 1.54) is 0 Å². The minimum atomic E-state index is -1.45. The van der Waals surface area contributed by atoms with Gasteiger partial charge in [-0.2, -0.15) is 0 Å². The van der Waals surface area contributed by atoms with Crippen molar-refractivity contribution in [3.8, 4) is 0 Å². The smallest absolute Gasteiger partial charge is 0.311 e. The van der Waals surface area contributed by atoms with Gasteiger partial charge in [-0.1, -0.05) is 20.8 Å². The number of esters is 1. The third-order valence-electron chi connectivity index (χ3n) is 11.6. The fourth-order valence-electron chi connectivity index (χ4n) is 8.71. The molecule has 0 aromatic heterocycles. The average molecular weight is 703 g/mol. The number of cyclic esters (lactones) is 1. The molecule has 0 amide bonds. The molecule has 286 valence electrons. The van der Waals surface area contributed by atoms with E-state index in [4.69, 9.17) is 33.2 Å². The zero-order valence-electron chi connectivity index (χ0n) is 32.0. The SMILES string of the molecule is CC[C@@H]1OC(=O)[C@H](C)[C@@H](O[C@H]2C[C@@](C)(OC)[C@@H](O)[C@H](C)O2)[C@H](C)[C@@H](O[C@@H]2O[C@H](C)C[C@H](N(C)C)[C@H]2O)[C@](C)(O)C[C@@H](C)CN2CO[C@@]1(C)C2. The Morgan fingerprint density at radius 1 is 1.02 bits per heavy atom. The largest absolute Gasteiger partial charge is 0.459 e. The standard InChI is InChI=1S/C36H66N2O11/c1-13-26-36(9)18-38(19-44-36)17-20(2)15-34(7,42)31(49-33-28(39)25(37(10)11)14-21(3)45-33)22(4)29(23(5)32(41)47-26)48-27-16-35(8,43-12)30(40)24(6)46-27/h20-31,33,39-40,42H,13-19H2,1-12H3/t20-,21-,22+,23-,24+,25+,26+,27+,28-,29+,30+,31-,33+,34-,35-,36+/m1/s1. The lowest BCUT2D eigenvalue weighted by Gasteiger charge is -2.49. The molecule has 4 rings (SSSR count). The maximum absolute atomic E-state index is 14.1. The summed E-state index contributed by atoms with van der Waals surface area (Å²) in [5.41, 5.74) is -3.10. The van der Waals surface area contributed by atoms with Gasteiger partial charge in [0, 0.05) is 38.6 Å². The van der Waals surface area contributed by atoms with Gasteiger partial charge in [0.05, 0.1) is 41.5 Å². The van der Waals surface area contributed by atoms with E-state index >= 15 is 0 Å². The first-order valence-electron chi connectivity index (χ1n) is 18.2. The van der Waals surface area contributed by atoms with Crippen LogP contribution in [0.1, 0.15) is 88.0 Å². The van der Waals surface area contributed by atoms with Crippen molar-refractivity contribution in [2.24, 2.45) is 17.8 Å². The second-order valence-electron chi connectivity index (χ2n) is 16.4. The van der Waals surface area contributed by atoms with Crippen LogP contribution in [0.15, 0.2) is 0 Å². The number of nitrogens with zero attached hydrogens (tertiary/aromatic N) is 2. The Balaban J connectivity index is 1.77. The van der Waals surface area contributed by atoms with E-state index in [0.29, 0.717) is 39.1 Å². The topological polar surface area (TPSA) is 149 Å². The van der Waals surface area contributed by atoms with Crippen molar-refractivity contribution in [3.05, 3.63) is 0 Å². The molecule has 1 unspecified atom stereocenters. The number of carbonyl (C=O) groups excluding carboxylic acids is 1. The fourth-order valence-corrected chi connectivity index (χ4v) is 8.71. The highest BCUT2D eigenvalue weighted by Gasteiger charge is 2.52. The van der Waals surface area contributed by atoms with Crippen LogP contribution in [0.2, 0.25) is 0 Å². The van der Waals surface area contributed by atoms with Crippen LogP contribution in [-0.2, 0) is 38.0 Å². The quantitative estimate of drug-likeness (QED) is 0.334. The van der Waals surface area contributed by atoms with Crippen LogP contribution in [-0.4, -0.2) is 150 Å². The summed E-state index contributed by atoms with van der Waals surface area (Å²) in [6.45, 7) is 18.6. The Morgan fingerprint density at radius 2 is 1.69 bits per heavy atom. The van der Waals surface area contributed by atoms with Gasteiger partial charge in [0.1, 0.15) is 30.6 Å². The van der Waals surface area contributed by atoms with Crippen LogP contribution in [0.3, 0.4) is 0 Å². The maximum atomic E-state index is 14.1. The first-order chi connectivity index (χ1) is 22.7. The molecule has 13 heteroatoms. The Morgan fingerprint density at radius 3 is 2.31 bits per heavy atom. The van der Waals surface area contributed by atoms with Gasteiger partial charge in [-0.25, -0.2) is 0 Å². The maximum Gasteiger partial charge on any atom is 0.311 e. The predicted molar refractivity (Wildman–Crippen MR) is 181 cm³/mol. The van der Waals surface area contributed by atoms with Gasteiger partial charge in [-0.15, -0.1) is 0 Å². The summed E-state index contributed by atoms with van der Waals surface area (Å²) in [4.78, 5) is 18.3. The molecular weight excluding hydrogens is 636 g/mol. The second kappa shape index (κ2) is 16.0. The lowest BCUT2D eigenvalue weighted by atomic mass is 9.77. The minimum absolute atomic E-state index is 0.0266. The fraction of sp³-hybridized carbons (Fsp3) is 0.972. The summed E-state index contributed by atoms with van der Waals surface area (Å²) in [6.07, 6.45) is -5.18. The number of carbonyl (C=O) groups is 1. The molecule has 17 atom stereocenters. The molecule has 4 saturated heterocycles. The Kier molecular flexibility index (Phi) is 13.3. The third-order valence-corrected chi connectivity index (χ3v) is 11.6. The summed E-state index contributed by atoms with van der Waals surface area (Å²) < 4.78 is 44.1. The van der Waals surface area contributed by atoms with Crippen molar-refractivity contribution in [2.75, 3.05) is 41.0 Å². The number of ether oxygens (including phenoxy) is 7. The monoisotopic (exact) mass is 702 g/mol. The molecule has 0 radical (unpaired) electrons. The van der Waals surface area contributed by atoms with E-state index in [9.17, 15) is 20.1 Å². The zero-order valence-corrected chi connectivity index (χ0v) is 32.0. The van der Waals surface area contributed by atoms with Crippen LogP contribution in [0.4, 0.5) is 0 Å². The highest BCUT2D eigenvalue weighted by molar-refractivity contribution is 5.73. The van der Waals surface area contributed by atoms with Gasteiger partial charge in [-0.3, -0.25) is 9.69 Å². The highest BCUT2D eigenvalue weighted by atomic mass is 16.7. The lowest BCUT2D eigenvalue weighted by molar-refractivity contribution is -0.318. The molecular formula is C36H66N2O11. The zero-order chi connectivity index (χ0) is 36.6. The lowest BCUT2D eigenvalue weighted by Crippen LogP contribution is -2.60. The van der Waals surface area contributed by atoms with E-state index in [0.717, 1.165) is 0 Å². The van der Waals surface area contributed by atoms with Crippen molar-refractivity contribution < 1.29 is 53.3 Å². The van der Waals surface area contributed by atoms with Crippen LogP contribution in [0, 0.1) is 17.8 Å². The average Bonchev–Trinajstić information content (AvgIpc) is 3.40. The van der Waals surface area contributed by atoms with E-state index < -0.39 is 83.8 Å². The van der Waals surface area contributed by atoms with Crippen LogP contribution >= 0.6 is 0 Å². The molecule has 3 N–H and O–H groups in total. The van der Waals surface area contributed by atoms with Gasteiger partial charge < -0.3 is 53.4 Å². The number of rotatable bonds is 7. The molecule has 2 bridgehead atoms. The van der Waals surface area contributed by atoms with Crippen LogP contribution in [0.5, 0.6) is 0 Å². The van der Waals surface area contributed by atoms with Gasteiger partial charge in [-0.05, 0) is 80.8 Å². The molecule has 4 heterocycles. The van der Waals surface area contributed by atoms with Gasteiger partial charge in [0.2, 0.25) is 0 Å². The molecule has 49 heavy (non-hydrogen) atoms. The Labute approximate surface area is 293 Å². The molecule has 0 spiro atoms. The second-order valence-corrected chi connectivity index (χ2v) is 16.4. The summed E-state index contributed by atoms with van der Waals surface area (Å²) in [5.74, 6) is -1.91. The van der Waals surface area contributed by atoms with Gasteiger partial charge >= 0.3 is 5.97 Å². The van der Waals surface area contributed by atoms with Crippen molar-refractivity contribution in [1.82, 2.24) is 9.80 Å². The number of hydrogen-bond acceptors (Lipinski definition) is 13. The molecule has 0 aliphatic carbocycles. The first-order valence-corrected chi connectivity index (χ1v) is 18.2. The number of aliphatic hydroxyl groups excluding tert-OH is 2. The van der Waals surface area contributed by atoms with Gasteiger partial charge in [0.15, 0.2) is 12.6 Å². The van der Waals surface area contributed by atoms with Crippen molar-refractivity contribution in [3.63, 3.8) is 0 Å². The Bertz CT molecular complexity index is 1100. The van der Waals surface area contributed by atoms with Crippen LogP contribution in [0.25, 0.3) is 0 Å². The molecule has 13 nitrogen and oxygen atoms in total. The highest BCUT2D eigenvalue weighted by Crippen LogP contribution is 2.40. The van der Waals surface area contributed by atoms with Crippen molar-refractivity contribution >= 4 is 5.97 Å². The van der Waals surface area contributed by atoms with E-state index in [-0.39, 0.29) is 24.5 Å².